The van der Waals surface area contributed by atoms with E-state index in [-0.39, 0.29) is 6.04 Å². The van der Waals surface area contributed by atoms with Gasteiger partial charge >= 0.3 is 0 Å². The van der Waals surface area contributed by atoms with Crippen molar-refractivity contribution in [1.29, 1.82) is 0 Å². The molecule has 1 atom stereocenters. The summed E-state index contributed by atoms with van der Waals surface area (Å²) in [5.74, 6) is 0.873. The number of benzene rings is 3. The highest BCUT2D eigenvalue weighted by molar-refractivity contribution is 5.86. The highest BCUT2D eigenvalue weighted by Gasteiger charge is 2.08. The van der Waals surface area contributed by atoms with E-state index in [1.807, 2.05) is 24.3 Å². The second kappa shape index (κ2) is 5.88. The summed E-state index contributed by atoms with van der Waals surface area (Å²) < 4.78 is 5.19. The maximum atomic E-state index is 5.19. The molecule has 0 radical (unpaired) electrons. The number of methoxy groups -OCH3 is 1. The Labute approximate surface area is 125 Å². The smallest absolute Gasteiger partial charge is 0.119 e. The summed E-state index contributed by atoms with van der Waals surface area (Å²) in [4.78, 5) is 0. The van der Waals surface area contributed by atoms with Crippen molar-refractivity contribution < 1.29 is 4.74 Å². The van der Waals surface area contributed by atoms with Crippen molar-refractivity contribution in [1.82, 2.24) is 0 Å². The van der Waals surface area contributed by atoms with Crippen LogP contribution in [-0.4, -0.2) is 7.11 Å². The van der Waals surface area contributed by atoms with Crippen LogP contribution in [0.4, 0.5) is 5.69 Å². The van der Waals surface area contributed by atoms with Crippen LogP contribution in [0.25, 0.3) is 10.8 Å². The molecule has 1 N–H and O–H groups in total. The van der Waals surface area contributed by atoms with E-state index in [0.29, 0.717) is 0 Å². The Hall–Kier alpha value is -2.48. The van der Waals surface area contributed by atoms with Gasteiger partial charge in [0.2, 0.25) is 0 Å². The van der Waals surface area contributed by atoms with Crippen LogP contribution >= 0.6 is 0 Å². The van der Waals surface area contributed by atoms with Crippen LogP contribution in [0.1, 0.15) is 18.5 Å². The van der Waals surface area contributed by atoms with Crippen LogP contribution in [0, 0.1) is 0 Å². The molecule has 21 heavy (non-hydrogen) atoms. The van der Waals surface area contributed by atoms with Crippen molar-refractivity contribution in [2.75, 3.05) is 12.4 Å². The monoisotopic (exact) mass is 277 g/mol. The predicted octanol–water partition coefficient (Wildman–Crippen LogP) is 5.02. The number of hydrogen-bond donors (Lipinski definition) is 1. The molecular formula is C19H19NO. The summed E-state index contributed by atoms with van der Waals surface area (Å²) in [5.41, 5.74) is 2.40. The lowest BCUT2D eigenvalue weighted by Crippen LogP contribution is -2.07. The van der Waals surface area contributed by atoms with Gasteiger partial charge in [-0.2, -0.15) is 0 Å². The summed E-state index contributed by atoms with van der Waals surface area (Å²) in [5, 5.41) is 6.12. The van der Waals surface area contributed by atoms with E-state index < -0.39 is 0 Å². The third-order valence-corrected chi connectivity index (χ3v) is 3.76. The number of anilines is 1. The van der Waals surface area contributed by atoms with E-state index >= 15 is 0 Å². The molecule has 0 aliphatic carbocycles. The van der Waals surface area contributed by atoms with Crippen LogP contribution in [0.15, 0.2) is 66.7 Å². The van der Waals surface area contributed by atoms with Crippen molar-refractivity contribution in [3.63, 3.8) is 0 Å². The fraction of sp³-hybridized carbons (Fsp3) is 0.158. The molecule has 2 heteroatoms. The fourth-order valence-corrected chi connectivity index (χ4v) is 2.64. The topological polar surface area (TPSA) is 21.3 Å². The van der Waals surface area contributed by atoms with Crippen LogP contribution in [0.5, 0.6) is 5.75 Å². The Balaban J connectivity index is 1.88. The van der Waals surface area contributed by atoms with Crippen LogP contribution in [-0.2, 0) is 0 Å². The first-order valence-electron chi connectivity index (χ1n) is 7.16. The fourth-order valence-electron chi connectivity index (χ4n) is 2.64. The highest BCUT2D eigenvalue weighted by Crippen LogP contribution is 2.27. The Morgan fingerprint density at radius 2 is 1.57 bits per heavy atom. The molecule has 0 fully saturated rings. The second-order valence-corrected chi connectivity index (χ2v) is 5.16. The van der Waals surface area contributed by atoms with Gasteiger partial charge in [0.05, 0.1) is 7.11 Å². The zero-order chi connectivity index (χ0) is 14.7. The van der Waals surface area contributed by atoms with E-state index in [4.69, 9.17) is 4.74 Å². The number of ether oxygens (including phenoxy) is 1. The Kier molecular flexibility index (Phi) is 3.78. The molecule has 0 aliphatic rings. The van der Waals surface area contributed by atoms with Gasteiger partial charge in [-0.25, -0.2) is 0 Å². The molecule has 106 valence electrons. The first-order valence-corrected chi connectivity index (χ1v) is 7.16. The highest BCUT2D eigenvalue weighted by atomic mass is 16.5. The largest absolute Gasteiger partial charge is 0.497 e. The van der Waals surface area contributed by atoms with Crippen LogP contribution in [0.3, 0.4) is 0 Å². The Bertz CT molecular complexity index is 729. The predicted molar refractivity (Wildman–Crippen MR) is 89.0 cm³/mol. The lowest BCUT2D eigenvalue weighted by Gasteiger charge is -2.18. The average molecular weight is 277 g/mol. The molecule has 0 heterocycles. The molecule has 0 saturated carbocycles. The maximum Gasteiger partial charge on any atom is 0.119 e. The summed E-state index contributed by atoms with van der Waals surface area (Å²) in [7, 11) is 1.68. The zero-order valence-electron chi connectivity index (χ0n) is 12.3. The minimum Gasteiger partial charge on any atom is -0.497 e. The molecule has 3 aromatic rings. The molecule has 3 rings (SSSR count). The van der Waals surface area contributed by atoms with E-state index in [1.165, 1.54) is 16.3 Å². The number of nitrogens with one attached hydrogen (secondary N) is 1. The maximum absolute atomic E-state index is 5.19. The quantitative estimate of drug-likeness (QED) is 0.723. The van der Waals surface area contributed by atoms with Gasteiger partial charge in [0, 0.05) is 11.7 Å². The second-order valence-electron chi connectivity index (χ2n) is 5.16. The number of fused-ring (bicyclic) bond motifs is 1. The molecule has 0 spiro atoms. The first-order chi connectivity index (χ1) is 10.3. The molecule has 0 saturated heterocycles. The van der Waals surface area contributed by atoms with Gasteiger partial charge in [0.15, 0.2) is 0 Å². The minimum atomic E-state index is 0.240. The van der Waals surface area contributed by atoms with Crippen molar-refractivity contribution in [3.8, 4) is 5.75 Å². The standard InChI is InChI=1S/C19H19NO/c1-14(20-16-10-12-17(21-2)13-11-16)18-9-5-7-15-6-3-4-8-19(15)18/h3-14,20H,1-2H3/t14-/m0/s1. The lowest BCUT2D eigenvalue weighted by molar-refractivity contribution is 0.415. The summed E-state index contributed by atoms with van der Waals surface area (Å²) in [6.45, 7) is 2.19. The average Bonchev–Trinajstić information content (AvgIpc) is 2.55. The zero-order valence-corrected chi connectivity index (χ0v) is 12.3. The summed E-state index contributed by atoms with van der Waals surface area (Å²) >= 11 is 0. The molecule has 0 unspecified atom stereocenters. The molecular weight excluding hydrogens is 258 g/mol. The van der Waals surface area contributed by atoms with Crippen LogP contribution in [0.2, 0.25) is 0 Å². The number of hydrogen-bond acceptors (Lipinski definition) is 2. The first kappa shape index (κ1) is 13.5. The van der Waals surface area contributed by atoms with Gasteiger partial charge in [0.25, 0.3) is 0 Å². The summed E-state index contributed by atoms with van der Waals surface area (Å²) in [6, 6.07) is 23.2. The SMILES string of the molecule is COc1ccc(N[C@@H](C)c2cccc3ccccc23)cc1. The third kappa shape index (κ3) is 2.84. The Morgan fingerprint density at radius 3 is 2.33 bits per heavy atom. The lowest BCUT2D eigenvalue weighted by atomic mass is 9.99. The van der Waals surface area contributed by atoms with E-state index in [2.05, 4.69) is 54.7 Å². The summed E-state index contributed by atoms with van der Waals surface area (Å²) in [6.07, 6.45) is 0. The normalized spacial score (nSPS) is 12.1. The van der Waals surface area contributed by atoms with E-state index in [1.54, 1.807) is 7.11 Å². The van der Waals surface area contributed by atoms with Gasteiger partial charge in [-0.3, -0.25) is 0 Å². The van der Waals surface area contributed by atoms with Gasteiger partial charge in [-0.15, -0.1) is 0 Å². The molecule has 0 aromatic heterocycles. The molecule has 3 aromatic carbocycles. The molecule has 0 aliphatic heterocycles. The van der Waals surface area contributed by atoms with Crippen molar-refractivity contribution in [2.24, 2.45) is 0 Å². The van der Waals surface area contributed by atoms with E-state index in [9.17, 15) is 0 Å². The van der Waals surface area contributed by atoms with Crippen molar-refractivity contribution in [2.45, 2.75) is 13.0 Å². The minimum absolute atomic E-state index is 0.240. The van der Waals surface area contributed by atoms with Gasteiger partial charge in [-0.05, 0) is 47.5 Å². The number of rotatable bonds is 4. The van der Waals surface area contributed by atoms with Crippen molar-refractivity contribution in [3.05, 3.63) is 72.3 Å². The van der Waals surface area contributed by atoms with Gasteiger partial charge < -0.3 is 10.1 Å². The van der Waals surface area contributed by atoms with Crippen molar-refractivity contribution >= 4 is 16.5 Å². The molecule has 0 amide bonds. The Morgan fingerprint density at radius 1 is 0.857 bits per heavy atom. The molecule has 2 nitrogen and oxygen atoms in total. The van der Waals surface area contributed by atoms with Gasteiger partial charge in [0.1, 0.15) is 5.75 Å². The van der Waals surface area contributed by atoms with Gasteiger partial charge in [-0.1, -0.05) is 42.5 Å². The third-order valence-electron chi connectivity index (χ3n) is 3.76. The van der Waals surface area contributed by atoms with Crippen LogP contribution < -0.4 is 10.1 Å². The van der Waals surface area contributed by atoms with E-state index in [0.717, 1.165) is 11.4 Å². The molecule has 0 bridgehead atoms.